The first-order valence-electron chi connectivity index (χ1n) is 7.76. The molecule has 1 unspecified atom stereocenters. The number of esters is 1. The first-order valence-corrected chi connectivity index (χ1v) is 7.76. The van der Waals surface area contributed by atoms with Crippen molar-refractivity contribution in [2.75, 3.05) is 11.9 Å². The van der Waals surface area contributed by atoms with Crippen LogP contribution in [0.2, 0.25) is 0 Å². The second kappa shape index (κ2) is 6.44. The lowest BCUT2D eigenvalue weighted by Gasteiger charge is -2.29. The van der Waals surface area contributed by atoms with Crippen LogP contribution in [0.25, 0.3) is 0 Å². The molecule has 1 aromatic heterocycles. The number of carbonyl (C=O) groups excluding carboxylic acids is 1. The van der Waals surface area contributed by atoms with E-state index in [4.69, 9.17) is 4.74 Å². The van der Waals surface area contributed by atoms with Gasteiger partial charge in [-0.05, 0) is 26.2 Å². The molecular formula is C16H23N3O4. The highest BCUT2D eigenvalue weighted by molar-refractivity contribution is 5.93. The fourth-order valence-electron chi connectivity index (χ4n) is 2.93. The lowest BCUT2D eigenvalue weighted by Crippen LogP contribution is -2.40. The van der Waals surface area contributed by atoms with Crippen LogP contribution in [0.3, 0.4) is 0 Å². The average Bonchev–Trinajstić information content (AvgIpc) is 2.44. The van der Waals surface area contributed by atoms with Gasteiger partial charge >= 0.3 is 11.7 Å². The van der Waals surface area contributed by atoms with Crippen molar-refractivity contribution >= 4 is 11.8 Å². The molecule has 1 aliphatic heterocycles. The van der Waals surface area contributed by atoms with Crippen molar-refractivity contribution in [3.63, 3.8) is 0 Å². The molecule has 1 aliphatic rings. The molecule has 0 saturated carbocycles. The molecule has 2 heterocycles. The van der Waals surface area contributed by atoms with Gasteiger partial charge in [-0.15, -0.1) is 0 Å². The summed E-state index contributed by atoms with van der Waals surface area (Å²) in [5, 5.41) is 2.97. The molecule has 0 saturated heterocycles. The Kier molecular flexibility index (Phi) is 4.77. The van der Waals surface area contributed by atoms with Gasteiger partial charge in [0.15, 0.2) is 0 Å². The van der Waals surface area contributed by atoms with E-state index in [1.807, 2.05) is 13.8 Å². The van der Waals surface area contributed by atoms with Gasteiger partial charge in [0, 0.05) is 18.7 Å². The molecule has 0 bridgehead atoms. The number of fused-ring (bicyclic) bond motifs is 1. The van der Waals surface area contributed by atoms with Crippen LogP contribution in [0.15, 0.2) is 20.9 Å². The average molecular weight is 321 g/mol. The number of nitrogens with one attached hydrogen (secondary N) is 2. The summed E-state index contributed by atoms with van der Waals surface area (Å²) in [5.41, 5.74) is 0.588. The van der Waals surface area contributed by atoms with Crippen LogP contribution < -0.4 is 16.6 Å². The topological polar surface area (TPSA) is 93.2 Å². The molecule has 0 radical (unpaired) electrons. The second-order valence-electron chi connectivity index (χ2n) is 6.15. The van der Waals surface area contributed by atoms with Crippen LogP contribution >= 0.6 is 0 Å². The minimum Gasteiger partial charge on any atom is -0.463 e. The number of rotatable bonds is 4. The fraction of sp³-hybridized carbons (Fsp3) is 0.562. The third-order valence-electron chi connectivity index (χ3n) is 3.96. The van der Waals surface area contributed by atoms with Crippen molar-refractivity contribution in [2.24, 2.45) is 13.0 Å². The Morgan fingerprint density at radius 2 is 2.00 bits per heavy atom. The molecule has 1 aromatic rings. The number of carbonyl (C=O) groups is 1. The molecule has 0 amide bonds. The van der Waals surface area contributed by atoms with Crippen molar-refractivity contribution < 1.29 is 9.53 Å². The lowest BCUT2D eigenvalue weighted by atomic mass is 9.82. The summed E-state index contributed by atoms with van der Waals surface area (Å²) in [4.78, 5) is 39.5. The quantitative estimate of drug-likeness (QED) is 0.819. The zero-order valence-electron chi connectivity index (χ0n) is 14.1. The number of H-pyrrole nitrogens is 1. The third kappa shape index (κ3) is 3.09. The molecule has 1 atom stereocenters. The molecule has 126 valence electrons. The van der Waals surface area contributed by atoms with Crippen LogP contribution in [-0.2, 0) is 16.6 Å². The van der Waals surface area contributed by atoms with E-state index in [1.54, 1.807) is 13.8 Å². The van der Waals surface area contributed by atoms with E-state index in [0.29, 0.717) is 29.1 Å². The van der Waals surface area contributed by atoms with Gasteiger partial charge < -0.3 is 10.1 Å². The summed E-state index contributed by atoms with van der Waals surface area (Å²) in [5.74, 6) is -0.197. The van der Waals surface area contributed by atoms with E-state index in [-0.39, 0.29) is 12.5 Å². The van der Waals surface area contributed by atoms with Gasteiger partial charge in [-0.2, -0.15) is 0 Å². The predicted molar refractivity (Wildman–Crippen MR) is 87.5 cm³/mol. The van der Waals surface area contributed by atoms with Crippen LogP contribution in [0, 0.1) is 5.92 Å². The molecule has 7 heteroatoms. The smallest absolute Gasteiger partial charge is 0.336 e. The SMILES string of the molecule is CCOC(=O)C1=C(C)Nc2[nH]c(=O)n(C)c(=O)c2C1CC(C)C. The largest absolute Gasteiger partial charge is 0.463 e. The van der Waals surface area contributed by atoms with E-state index in [9.17, 15) is 14.4 Å². The van der Waals surface area contributed by atoms with E-state index in [0.717, 1.165) is 4.57 Å². The van der Waals surface area contributed by atoms with Crippen LogP contribution in [0.1, 0.15) is 45.6 Å². The molecule has 2 rings (SSSR count). The number of aromatic amines is 1. The van der Waals surface area contributed by atoms with Crippen LogP contribution in [-0.4, -0.2) is 22.1 Å². The number of aromatic nitrogens is 2. The number of allylic oxidation sites excluding steroid dienone is 1. The van der Waals surface area contributed by atoms with Crippen LogP contribution in [0.4, 0.5) is 5.82 Å². The Hall–Kier alpha value is -2.31. The monoisotopic (exact) mass is 321 g/mol. The summed E-state index contributed by atoms with van der Waals surface area (Å²) in [6, 6.07) is 0. The van der Waals surface area contributed by atoms with Gasteiger partial charge in [0.05, 0.1) is 17.7 Å². The highest BCUT2D eigenvalue weighted by Gasteiger charge is 2.35. The molecule has 0 fully saturated rings. The van der Waals surface area contributed by atoms with Crippen molar-refractivity contribution in [1.29, 1.82) is 0 Å². The summed E-state index contributed by atoms with van der Waals surface area (Å²) >= 11 is 0. The third-order valence-corrected chi connectivity index (χ3v) is 3.96. The van der Waals surface area contributed by atoms with Gasteiger partial charge in [0.1, 0.15) is 5.82 Å². The molecule has 0 spiro atoms. The van der Waals surface area contributed by atoms with Gasteiger partial charge in [-0.1, -0.05) is 13.8 Å². The van der Waals surface area contributed by atoms with Crippen molar-refractivity contribution in [2.45, 2.75) is 40.0 Å². The summed E-state index contributed by atoms with van der Waals surface area (Å²) < 4.78 is 6.18. The number of hydrogen-bond acceptors (Lipinski definition) is 5. The molecule has 7 nitrogen and oxygen atoms in total. The highest BCUT2D eigenvalue weighted by atomic mass is 16.5. The first-order chi connectivity index (χ1) is 10.8. The maximum Gasteiger partial charge on any atom is 0.336 e. The Bertz CT molecular complexity index is 771. The van der Waals surface area contributed by atoms with Crippen molar-refractivity contribution in [3.8, 4) is 0 Å². The zero-order chi connectivity index (χ0) is 17.3. The first kappa shape index (κ1) is 17.1. The molecule has 23 heavy (non-hydrogen) atoms. The number of ether oxygens (including phenoxy) is 1. The normalized spacial score (nSPS) is 17.0. The summed E-state index contributed by atoms with van der Waals surface area (Å²) in [7, 11) is 1.42. The molecule has 2 N–H and O–H groups in total. The van der Waals surface area contributed by atoms with Gasteiger partial charge in [-0.3, -0.25) is 14.3 Å². The van der Waals surface area contributed by atoms with Gasteiger partial charge in [-0.25, -0.2) is 9.59 Å². The van der Waals surface area contributed by atoms with E-state index in [1.165, 1.54) is 7.05 Å². The van der Waals surface area contributed by atoms with E-state index >= 15 is 0 Å². The summed E-state index contributed by atoms with van der Waals surface area (Å²) in [6.45, 7) is 7.80. The minimum absolute atomic E-state index is 0.264. The van der Waals surface area contributed by atoms with E-state index in [2.05, 4.69) is 10.3 Å². The molecule has 0 aliphatic carbocycles. The van der Waals surface area contributed by atoms with E-state index < -0.39 is 23.1 Å². The van der Waals surface area contributed by atoms with Crippen molar-refractivity contribution in [3.05, 3.63) is 37.7 Å². The van der Waals surface area contributed by atoms with Gasteiger partial charge in [0.2, 0.25) is 0 Å². The fourth-order valence-corrected chi connectivity index (χ4v) is 2.93. The highest BCUT2D eigenvalue weighted by Crippen LogP contribution is 2.38. The van der Waals surface area contributed by atoms with Crippen LogP contribution in [0.5, 0.6) is 0 Å². The Balaban J connectivity index is 2.68. The van der Waals surface area contributed by atoms with Gasteiger partial charge in [0.25, 0.3) is 5.56 Å². The molecule has 0 aromatic carbocycles. The standard InChI is InChI=1S/C16H23N3O4/c1-6-23-15(21)11-9(4)17-13-12(10(11)7-8(2)3)14(20)19(5)16(22)18-13/h8,10,17H,6-7H2,1-5H3,(H,18,22). The number of hydrogen-bond donors (Lipinski definition) is 2. The number of nitrogens with zero attached hydrogens (tertiary/aromatic N) is 1. The second-order valence-corrected chi connectivity index (χ2v) is 6.15. The maximum atomic E-state index is 12.6. The Morgan fingerprint density at radius 1 is 1.35 bits per heavy atom. The lowest BCUT2D eigenvalue weighted by molar-refractivity contribution is -0.139. The summed E-state index contributed by atoms with van der Waals surface area (Å²) in [6.07, 6.45) is 0.613. The predicted octanol–water partition coefficient (Wildman–Crippen LogP) is 1.47. The zero-order valence-corrected chi connectivity index (χ0v) is 14.1. The minimum atomic E-state index is -0.489. The Morgan fingerprint density at radius 3 is 2.57 bits per heavy atom. The Labute approximate surface area is 134 Å². The molecular weight excluding hydrogens is 298 g/mol. The van der Waals surface area contributed by atoms with Crippen molar-refractivity contribution in [1.82, 2.24) is 9.55 Å². The maximum absolute atomic E-state index is 12.6. The number of anilines is 1.